The first-order valence-electron chi connectivity index (χ1n) is 5.81. The zero-order valence-electron chi connectivity index (χ0n) is 9.97. The molecular weight excluding hydrogens is 212 g/mol. The van der Waals surface area contributed by atoms with Crippen LogP contribution in [0.3, 0.4) is 0 Å². The van der Waals surface area contributed by atoms with Crippen LogP contribution < -0.4 is 0 Å². The fourth-order valence-electron chi connectivity index (χ4n) is 2.11. The van der Waals surface area contributed by atoms with Crippen LogP contribution in [0.1, 0.15) is 18.4 Å². The minimum absolute atomic E-state index is 0.774. The van der Waals surface area contributed by atoms with E-state index in [-0.39, 0.29) is 0 Å². The summed E-state index contributed by atoms with van der Waals surface area (Å²) in [5.41, 5.74) is 2.40. The third kappa shape index (κ3) is 1.55. The van der Waals surface area contributed by atoms with E-state index in [9.17, 15) is 0 Å². The lowest BCUT2D eigenvalue weighted by atomic mass is 10.2. The maximum Gasteiger partial charge on any atom is 0.224 e. The van der Waals surface area contributed by atoms with Gasteiger partial charge in [-0.05, 0) is 18.6 Å². The van der Waals surface area contributed by atoms with Gasteiger partial charge in [0.15, 0.2) is 5.89 Å². The predicted molar refractivity (Wildman–Crippen MR) is 67.5 cm³/mol. The molecule has 0 aliphatic carbocycles. The van der Waals surface area contributed by atoms with Crippen LogP contribution >= 0.6 is 0 Å². The van der Waals surface area contributed by atoms with Crippen LogP contribution in [-0.4, -0.2) is 9.55 Å². The van der Waals surface area contributed by atoms with E-state index in [1.807, 2.05) is 13.0 Å². The standard InChI is InChI=1S/C14H14N2O/c1-3-13-15-8-14(17-13)16-9-10(2)11-6-4-5-7-12(11)16/h4-9H,3H2,1-2H3. The second kappa shape index (κ2) is 3.77. The molecule has 0 saturated heterocycles. The Hall–Kier alpha value is -2.03. The molecule has 1 aromatic carbocycles. The molecule has 0 amide bonds. The maximum absolute atomic E-state index is 5.69. The van der Waals surface area contributed by atoms with Gasteiger partial charge in [0.05, 0.1) is 11.7 Å². The highest BCUT2D eigenvalue weighted by Gasteiger charge is 2.09. The van der Waals surface area contributed by atoms with Crippen LogP contribution in [0.15, 0.2) is 41.1 Å². The third-order valence-electron chi connectivity index (χ3n) is 2.99. The molecule has 0 unspecified atom stereocenters. The third-order valence-corrected chi connectivity index (χ3v) is 2.99. The van der Waals surface area contributed by atoms with Gasteiger partial charge in [-0.3, -0.25) is 4.57 Å². The summed E-state index contributed by atoms with van der Waals surface area (Å²) < 4.78 is 7.74. The Bertz CT molecular complexity index is 664. The Morgan fingerprint density at radius 2 is 2.12 bits per heavy atom. The normalized spacial score (nSPS) is 11.2. The van der Waals surface area contributed by atoms with E-state index in [0.717, 1.165) is 23.7 Å². The van der Waals surface area contributed by atoms with E-state index >= 15 is 0 Å². The highest BCUT2D eigenvalue weighted by Crippen LogP contribution is 2.24. The fraction of sp³-hybridized carbons (Fsp3) is 0.214. The zero-order valence-corrected chi connectivity index (χ0v) is 9.97. The van der Waals surface area contributed by atoms with Crippen molar-refractivity contribution in [3.63, 3.8) is 0 Å². The quantitative estimate of drug-likeness (QED) is 0.669. The first-order chi connectivity index (χ1) is 8.29. The van der Waals surface area contributed by atoms with Gasteiger partial charge in [0.25, 0.3) is 0 Å². The van der Waals surface area contributed by atoms with Crippen LogP contribution in [-0.2, 0) is 6.42 Å². The largest absolute Gasteiger partial charge is 0.424 e. The van der Waals surface area contributed by atoms with Crippen LogP contribution in [0.25, 0.3) is 16.8 Å². The van der Waals surface area contributed by atoms with E-state index in [4.69, 9.17) is 4.42 Å². The molecule has 0 atom stereocenters. The Morgan fingerprint density at radius 3 is 2.88 bits per heavy atom. The number of benzene rings is 1. The Morgan fingerprint density at radius 1 is 1.29 bits per heavy atom. The molecule has 3 rings (SSSR count). The van der Waals surface area contributed by atoms with Gasteiger partial charge < -0.3 is 4.42 Å². The monoisotopic (exact) mass is 226 g/mol. The molecule has 0 aliphatic rings. The first-order valence-corrected chi connectivity index (χ1v) is 5.81. The van der Waals surface area contributed by atoms with Crippen molar-refractivity contribution >= 4 is 10.9 Å². The van der Waals surface area contributed by atoms with Crippen LogP contribution in [0, 0.1) is 6.92 Å². The second-order valence-electron chi connectivity index (χ2n) is 4.15. The molecule has 2 heterocycles. The van der Waals surface area contributed by atoms with Crippen molar-refractivity contribution in [3.8, 4) is 5.88 Å². The Labute approximate surface area is 99.7 Å². The second-order valence-corrected chi connectivity index (χ2v) is 4.15. The van der Waals surface area contributed by atoms with Gasteiger partial charge in [0, 0.05) is 18.0 Å². The van der Waals surface area contributed by atoms with E-state index in [1.165, 1.54) is 10.9 Å². The van der Waals surface area contributed by atoms with Crippen molar-refractivity contribution in [3.05, 3.63) is 48.1 Å². The lowest BCUT2D eigenvalue weighted by Crippen LogP contribution is -1.88. The molecule has 0 fully saturated rings. The van der Waals surface area contributed by atoms with Gasteiger partial charge in [0.1, 0.15) is 0 Å². The number of aromatic nitrogens is 2. The molecule has 0 N–H and O–H groups in total. The van der Waals surface area contributed by atoms with Crippen LogP contribution in [0.4, 0.5) is 0 Å². The van der Waals surface area contributed by atoms with Crippen molar-refractivity contribution < 1.29 is 4.42 Å². The van der Waals surface area contributed by atoms with E-state index in [1.54, 1.807) is 6.20 Å². The van der Waals surface area contributed by atoms with Gasteiger partial charge in [0.2, 0.25) is 5.88 Å². The van der Waals surface area contributed by atoms with Crippen molar-refractivity contribution in [1.29, 1.82) is 0 Å². The number of fused-ring (bicyclic) bond motifs is 1. The highest BCUT2D eigenvalue weighted by molar-refractivity contribution is 5.84. The van der Waals surface area contributed by atoms with Crippen molar-refractivity contribution in [2.75, 3.05) is 0 Å². The lowest BCUT2D eigenvalue weighted by molar-refractivity contribution is 0.486. The summed E-state index contributed by atoms with van der Waals surface area (Å²) in [7, 11) is 0. The van der Waals surface area contributed by atoms with E-state index < -0.39 is 0 Å². The van der Waals surface area contributed by atoms with Crippen LogP contribution in [0.2, 0.25) is 0 Å². The summed E-state index contributed by atoms with van der Waals surface area (Å²) in [6.07, 6.45) is 4.69. The molecule has 17 heavy (non-hydrogen) atoms. The molecule has 0 aliphatic heterocycles. The minimum atomic E-state index is 0.774. The average molecular weight is 226 g/mol. The number of aryl methyl sites for hydroxylation is 2. The summed E-state index contributed by atoms with van der Waals surface area (Å²) >= 11 is 0. The molecule has 2 aromatic heterocycles. The minimum Gasteiger partial charge on any atom is -0.424 e. The summed E-state index contributed by atoms with van der Waals surface area (Å²) in [4.78, 5) is 4.24. The summed E-state index contributed by atoms with van der Waals surface area (Å²) in [5.74, 6) is 1.56. The average Bonchev–Trinajstić information content (AvgIpc) is 2.95. The van der Waals surface area contributed by atoms with Gasteiger partial charge in [-0.2, -0.15) is 0 Å². The van der Waals surface area contributed by atoms with Crippen LogP contribution in [0.5, 0.6) is 0 Å². The van der Waals surface area contributed by atoms with Gasteiger partial charge in [-0.1, -0.05) is 25.1 Å². The van der Waals surface area contributed by atoms with E-state index in [0.29, 0.717) is 0 Å². The number of hydrogen-bond acceptors (Lipinski definition) is 2. The summed E-state index contributed by atoms with van der Waals surface area (Å²) in [6, 6.07) is 8.31. The number of nitrogens with zero attached hydrogens (tertiary/aromatic N) is 2. The lowest BCUT2D eigenvalue weighted by Gasteiger charge is -1.99. The fourth-order valence-corrected chi connectivity index (χ4v) is 2.11. The molecule has 0 radical (unpaired) electrons. The number of rotatable bonds is 2. The molecule has 3 nitrogen and oxygen atoms in total. The topological polar surface area (TPSA) is 31.0 Å². The number of hydrogen-bond donors (Lipinski definition) is 0. The number of oxazole rings is 1. The molecule has 0 spiro atoms. The predicted octanol–water partition coefficient (Wildman–Crippen LogP) is 3.49. The highest BCUT2D eigenvalue weighted by atomic mass is 16.4. The Kier molecular flexibility index (Phi) is 2.25. The summed E-state index contributed by atoms with van der Waals surface area (Å²) in [5, 5.41) is 1.25. The smallest absolute Gasteiger partial charge is 0.224 e. The van der Waals surface area contributed by atoms with Gasteiger partial charge in [-0.15, -0.1) is 0 Å². The molecule has 0 bridgehead atoms. The summed E-state index contributed by atoms with van der Waals surface area (Å²) in [6.45, 7) is 4.14. The maximum atomic E-state index is 5.69. The molecule has 3 heteroatoms. The Balaban J connectivity index is 2.23. The zero-order chi connectivity index (χ0) is 11.8. The van der Waals surface area contributed by atoms with E-state index in [2.05, 4.69) is 40.9 Å². The van der Waals surface area contributed by atoms with Gasteiger partial charge >= 0.3 is 0 Å². The SMILES string of the molecule is CCc1ncc(-n2cc(C)c3ccccc32)o1. The van der Waals surface area contributed by atoms with Crippen molar-refractivity contribution in [2.24, 2.45) is 0 Å². The van der Waals surface area contributed by atoms with Crippen molar-refractivity contribution in [1.82, 2.24) is 9.55 Å². The first kappa shape index (κ1) is 10.1. The number of para-hydroxylation sites is 1. The molecule has 86 valence electrons. The van der Waals surface area contributed by atoms with Gasteiger partial charge in [-0.25, -0.2) is 4.98 Å². The van der Waals surface area contributed by atoms with Crippen molar-refractivity contribution in [2.45, 2.75) is 20.3 Å². The molecule has 0 saturated carbocycles. The molecule has 3 aromatic rings. The molecular formula is C14H14N2O.